The molecule has 6 rings (SSSR count). The Morgan fingerprint density at radius 3 is 1.36 bits per heavy atom. The fourth-order valence-electron chi connectivity index (χ4n) is 8.00. The number of hydrogen-bond donors (Lipinski definition) is 0. The van der Waals surface area contributed by atoms with Crippen LogP contribution in [0.15, 0.2) is 88.3 Å². The van der Waals surface area contributed by atoms with Crippen molar-refractivity contribution in [1.29, 1.82) is 0 Å². The molecule has 3 aliphatic rings. The normalized spacial score (nSPS) is 29.5. The minimum atomic E-state index is -1.61. The molecule has 0 N–H and O–H groups in total. The molecule has 3 aromatic rings. The van der Waals surface area contributed by atoms with Gasteiger partial charge in [0.25, 0.3) is 0 Å². The molecule has 1 saturated heterocycles. The minimum absolute atomic E-state index is 0.768. The van der Waals surface area contributed by atoms with Crippen LogP contribution in [0.4, 0.5) is 0 Å². The van der Waals surface area contributed by atoms with E-state index in [1.165, 1.54) is 38.8 Å². The van der Waals surface area contributed by atoms with Gasteiger partial charge >= 0.3 is 73.4 Å². The summed E-state index contributed by atoms with van der Waals surface area (Å²) in [5.74, 6) is 5.18. The molecule has 262 valence electrons. The summed E-state index contributed by atoms with van der Waals surface area (Å²) in [7, 11) is 11.3. The van der Waals surface area contributed by atoms with Gasteiger partial charge < -0.3 is 9.80 Å². The van der Waals surface area contributed by atoms with E-state index in [2.05, 4.69) is 99.8 Å². The Balaban J connectivity index is 0.000000204. The first kappa shape index (κ1) is 40.9. The van der Waals surface area contributed by atoms with E-state index < -0.39 is 13.5 Å². The second-order valence-corrected chi connectivity index (χ2v) is 21.3. The number of nitrogens with zero attached hydrogens (tertiary/aromatic N) is 4. The van der Waals surface area contributed by atoms with Gasteiger partial charge in [0.1, 0.15) is 0 Å². The Morgan fingerprint density at radius 2 is 1.06 bits per heavy atom. The van der Waals surface area contributed by atoms with Crippen LogP contribution in [0.1, 0.15) is 72.8 Å². The maximum atomic E-state index is 5.67. The molecule has 2 saturated carbocycles. The number of benzene rings is 1. The topological polar surface area (TPSA) is 32.3 Å². The van der Waals surface area contributed by atoms with Gasteiger partial charge in [-0.15, -0.1) is 0 Å². The third kappa shape index (κ3) is 14.7. The van der Waals surface area contributed by atoms with E-state index in [9.17, 15) is 0 Å². The van der Waals surface area contributed by atoms with E-state index in [4.69, 9.17) is 19.4 Å². The Kier molecular flexibility index (Phi) is 18.8. The van der Waals surface area contributed by atoms with Crippen molar-refractivity contribution < 1.29 is 13.5 Å². The van der Waals surface area contributed by atoms with E-state index in [-0.39, 0.29) is 0 Å². The molecule has 4 unspecified atom stereocenters. The zero-order valence-electron chi connectivity index (χ0n) is 28.7. The summed E-state index contributed by atoms with van der Waals surface area (Å²) in [6.07, 6.45) is 12.6. The van der Waals surface area contributed by atoms with Crippen molar-refractivity contribution in [2.75, 3.05) is 13.1 Å². The third-order valence-corrected chi connectivity index (χ3v) is 12.2. The first-order valence-corrected chi connectivity index (χ1v) is 23.9. The predicted octanol–water partition coefficient (Wildman–Crippen LogP) is 11.3. The average molecular weight is 898 g/mol. The van der Waals surface area contributed by atoms with E-state index in [0.29, 0.717) is 0 Å². The van der Waals surface area contributed by atoms with Gasteiger partial charge in [-0.2, -0.15) is 0 Å². The van der Waals surface area contributed by atoms with Gasteiger partial charge in [-0.05, 0) is 142 Å². The van der Waals surface area contributed by atoms with Gasteiger partial charge in [0.2, 0.25) is 0 Å². The van der Waals surface area contributed by atoms with E-state index in [1.807, 2.05) is 59.2 Å². The average Bonchev–Trinajstić information content (AvgIpc) is 3.47. The fourth-order valence-corrected chi connectivity index (χ4v) is 10.4. The second-order valence-electron chi connectivity index (χ2n) is 13.7. The summed E-state index contributed by atoms with van der Waals surface area (Å²) in [5, 5.41) is 0. The van der Waals surface area contributed by atoms with Crippen molar-refractivity contribution in [2.45, 2.75) is 79.3 Å². The Bertz CT molecular complexity index is 1210. The van der Waals surface area contributed by atoms with Crippen molar-refractivity contribution in [3.63, 3.8) is 0 Å². The van der Waals surface area contributed by atoms with Crippen LogP contribution in [-0.4, -0.2) is 49.6 Å². The van der Waals surface area contributed by atoms with Crippen LogP contribution in [0.5, 0.6) is 0 Å². The number of hydrogen-bond acceptors (Lipinski definition) is 4. The first-order valence-electron chi connectivity index (χ1n) is 16.8. The van der Waals surface area contributed by atoms with Gasteiger partial charge in [0.15, 0.2) is 0 Å². The van der Waals surface area contributed by atoms with Crippen molar-refractivity contribution in [3.05, 3.63) is 101 Å². The zero-order valence-corrected chi connectivity index (χ0v) is 35.1. The molecular formula is C38H53Br2Cl2N4Ru-. The Labute approximate surface area is 315 Å². The summed E-state index contributed by atoms with van der Waals surface area (Å²) in [5.41, 5.74) is 1.12. The van der Waals surface area contributed by atoms with Crippen molar-refractivity contribution in [3.8, 4) is 0 Å². The van der Waals surface area contributed by atoms with E-state index in [0.717, 1.165) is 62.1 Å². The second kappa shape index (κ2) is 21.6. The maximum absolute atomic E-state index is 5.67. The Morgan fingerprint density at radius 1 is 0.660 bits per heavy atom. The van der Waals surface area contributed by atoms with Gasteiger partial charge in [-0.1, -0.05) is 41.5 Å². The van der Waals surface area contributed by atoms with E-state index in [1.54, 1.807) is 24.8 Å². The van der Waals surface area contributed by atoms with Gasteiger partial charge in [0.05, 0.1) is 0 Å². The number of pyridine rings is 2. The van der Waals surface area contributed by atoms with Gasteiger partial charge in [-0.3, -0.25) is 9.97 Å². The molecule has 0 amide bonds. The molecule has 2 aromatic heterocycles. The fraction of sp³-hybridized carbons (Fsp3) is 0.526. The molecular weight excluding hydrogens is 844 g/mol. The molecule has 0 spiro atoms. The van der Waals surface area contributed by atoms with Crippen molar-refractivity contribution in [2.24, 2.45) is 35.5 Å². The van der Waals surface area contributed by atoms with Gasteiger partial charge in [0, 0.05) is 33.7 Å². The Hall–Kier alpha value is -0.527. The zero-order chi connectivity index (χ0) is 34.3. The van der Waals surface area contributed by atoms with Crippen molar-refractivity contribution in [1.82, 2.24) is 19.8 Å². The van der Waals surface area contributed by atoms with E-state index >= 15 is 0 Å². The third-order valence-electron chi connectivity index (χ3n) is 9.35. The summed E-state index contributed by atoms with van der Waals surface area (Å²) in [6, 6.07) is 19.1. The SMILES string of the molecule is Brc1cccnc1.Brc1cccnc1.CC1CC(C)C(N2[CH-]N(C3C(C)CC(C)CC3C)CC2)C(C)C1.[Cl][Ru]([Cl])=[CH]c1ccccc1. The van der Waals surface area contributed by atoms with Crippen LogP contribution in [0.25, 0.3) is 0 Å². The predicted molar refractivity (Wildman–Crippen MR) is 206 cm³/mol. The van der Waals surface area contributed by atoms with Crippen LogP contribution in [0.2, 0.25) is 0 Å². The molecule has 0 radical (unpaired) electrons. The molecule has 3 heterocycles. The van der Waals surface area contributed by atoms with Crippen LogP contribution >= 0.6 is 51.2 Å². The number of aromatic nitrogens is 2. The van der Waals surface area contributed by atoms with Gasteiger partial charge in [-0.25, -0.2) is 6.67 Å². The molecule has 4 atom stereocenters. The summed E-state index contributed by atoms with van der Waals surface area (Å²) in [4.78, 5) is 13.1. The molecule has 3 fully saturated rings. The molecule has 4 nitrogen and oxygen atoms in total. The molecule has 47 heavy (non-hydrogen) atoms. The molecule has 1 aromatic carbocycles. The summed E-state index contributed by atoms with van der Waals surface area (Å²) < 4.78 is 3.97. The summed E-state index contributed by atoms with van der Waals surface area (Å²) in [6.45, 7) is 19.9. The monoisotopic (exact) mass is 895 g/mol. The van der Waals surface area contributed by atoms with Crippen LogP contribution in [0.3, 0.4) is 0 Å². The number of halogens is 4. The number of rotatable bonds is 3. The molecule has 1 aliphatic heterocycles. The summed E-state index contributed by atoms with van der Waals surface area (Å²) >= 11 is 4.88. The molecule has 0 bridgehead atoms. The first-order chi connectivity index (χ1) is 22.4. The molecule has 2 aliphatic carbocycles. The van der Waals surface area contributed by atoms with Crippen LogP contribution < -0.4 is 0 Å². The van der Waals surface area contributed by atoms with Crippen LogP contribution in [0, 0.1) is 42.2 Å². The van der Waals surface area contributed by atoms with Crippen LogP contribution in [-0.2, 0) is 13.5 Å². The molecule has 9 heteroatoms. The standard InChI is InChI=1S/C21H39N2.C7H6.2C5H4BrN.2ClH.Ru/c1-14-9-16(3)20(17(4)10-14)22-7-8-23(13-22)21-18(5)11-15(2)12-19(21)6;1-7-5-3-2-4-6-7;2*6-5-2-1-3-7-4-5;;;/h13-21H,7-12H2,1-6H3;1-6H;2*1-4H;2*1H;/q-1;;;;;;+2/p-2. The quantitative estimate of drug-likeness (QED) is 0.194. The van der Waals surface area contributed by atoms with Crippen molar-refractivity contribution >= 4 is 55.9 Å².